The number of phenolic OH excluding ortho intramolecular Hbond substituents is 1. The molecule has 1 amide bonds. The fourth-order valence-corrected chi connectivity index (χ4v) is 3.60. The van der Waals surface area contributed by atoms with E-state index in [1.807, 2.05) is 54.6 Å². The van der Waals surface area contributed by atoms with Crippen LogP contribution in [0.4, 0.5) is 11.4 Å². The summed E-state index contributed by atoms with van der Waals surface area (Å²) in [6.07, 6.45) is 4.78. The Morgan fingerprint density at radius 3 is 2.63 bits per heavy atom. The van der Waals surface area contributed by atoms with Gasteiger partial charge in [-0.25, -0.2) is 0 Å². The van der Waals surface area contributed by atoms with Crippen LogP contribution >= 0.6 is 15.9 Å². The molecule has 0 saturated carbocycles. The zero-order valence-electron chi connectivity index (χ0n) is 16.9. The molecule has 0 aliphatic rings. The third kappa shape index (κ3) is 6.29. The van der Waals surface area contributed by atoms with E-state index in [-0.39, 0.29) is 11.7 Å². The third-order valence-electron chi connectivity index (χ3n) is 4.64. The van der Waals surface area contributed by atoms with Crippen molar-refractivity contribution in [2.24, 2.45) is 4.99 Å². The van der Waals surface area contributed by atoms with Crippen molar-refractivity contribution in [1.82, 2.24) is 0 Å². The minimum Gasteiger partial charge on any atom is -0.506 e. The molecule has 0 aromatic heterocycles. The van der Waals surface area contributed by atoms with Gasteiger partial charge in [0.2, 0.25) is 5.91 Å². The first-order valence-electron chi connectivity index (χ1n) is 10.0. The summed E-state index contributed by atoms with van der Waals surface area (Å²) >= 11 is 3.44. The van der Waals surface area contributed by atoms with Gasteiger partial charge in [0.25, 0.3) is 0 Å². The number of hydrogen-bond acceptors (Lipinski definition) is 3. The van der Waals surface area contributed by atoms with Gasteiger partial charge in [0, 0.05) is 23.9 Å². The van der Waals surface area contributed by atoms with Crippen molar-refractivity contribution in [2.75, 3.05) is 5.32 Å². The number of nitrogens with zero attached hydrogens (tertiary/aromatic N) is 1. The van der Waals surface area contributed by atoms with Gasteiger partial charge in [0.05, 0.1) is 10.2 Å². The SMILES string of the molecule is CCCCC(=O)Nc1cccc(N=Cc2cc(Cc3ccccc3)cc(Br)c2O)c1. The molecule has 0 aliphatic heterocycles. The highest BCUT2D eigenvalue weighted by molar-refractivity contribution is 9.10. The highest BCUT2D eigenvalue weighted by Gasteiger charge is 2.08. The number of hydrogen-bond donors (Lipinski definition) is 2. The van der Waals surface area contributed by atoms with Crippen LogP contribution in [0, 0.1) is 0 Å². The predicted molar refractivity (Wildman–Crippen MR) is 127 cm³/mol. The van der Waals surface area contributed by atoms with Crippen LogP contribution in [-0.2, 0) is 11.2 Å². The minimum atomic E-state index is 0.00756. The van der Waals surface area contributed by atoms with E-state index in [0.29, 0.717) is 27.8 Å². The Balaban J connectivity index is 1.77. The highest BCUT2D eigenvalue weighted by atomic mass is 79.9. The number of aromatic hydroxyl groups is 1. The van der Waals surface area contributed by atoms with Crippen molar-refractivity contribution in [3.05, 3.63) is 87.9 Å². The Labute approximate surface area is 185 Å². The monoisotopic (exact) mass is 464 g/mol. The van der Waals surface area contributed by atoms with Crippen LogP contribution in [0.3, 0.4) is 0 Å². The lowest BCUT2D eigenvalue weighted by Crippen LogP contribution is -2.10. The smallest absolute Gasteiger partial charge is 0.224 e. The predicted octanol–water partition coefficient (Wildman–Crippen LogP) is 6.62. The molecule has 0 spiro atoms. The normalized spacial score (nSPS) is 11.0. The molecule has 0 aliphatic carbocycles. The van der Waals surface area contributed by atoms with Gasteiger partial charge in [-0.15, -0.1) is 0 Å². The maximum absolute atomic E-state index is 11.9. The number of halogens is 1. The van der Waals surface area contributed by atoms with Gasteiger partial charge in [-0.05, 0) is 70.2 Å². The number of phenols is 1. The summed E-state index contributed by atoms with van der Waals surface area (Å²) in [6.45, 7) is 2.06. The van der Waals surface area contributed by atoms with Crippen LogP contribution < -0.4 is 5.32 Å². The number of aliphatic imine (C=N–C) groups is 1. The van der Waals surface area contributed by atoms with Crippen LogP contribution in [0.1, 0.15) is 42.9 Å². The highest BCUT2D eigenvalue weighted by Crippen LogP contribution is 2.30. The van der Waals surface area contributed by atoms with Crippen LogP contribution in [0.15, 0.2) is 76.2 Å². The number of nitrogens with one attached hydrogen (secondary N) is 1. The molecule has 0 saturated heterocycles. The van der Waals surface area contributed by atoms with Crippen molar-refractivity contribution in [3.63, 3.8) is 0 Å². The number of carbonyl (C=O) groups excluding carboxylic acids is 1. The van der Waals surface area contributed by atoms with Gasteiger partial charge in [0.15, 0.2) is 0 Å². The van der Waals surface area contributed by atoms with Crippen molar-refractivity contribution < 1.29 is 9.90 Å². The van der Waals surface area contributed by atoms with Gasteiger partial charge in [-0.1, -0.05) is 49.7 Å². The molecular weight excluding hydrogens is 440 g/mol. The molecule has 3 rings (SSSR count). The zero-order chi connectivity index (χ0) is 21.3. The Morgan fingerprint density at radius 2 is 1.87 bits per heavy atom. The quantitative estimate of drug-likeness (QED) is 0.367. The average Bonchev–Trinajstić information content (AvgIpc) is 2.74. The molecule has 3 aromatic rings. The molecule has 0 heterocycles. The van der Waals surface area contributed by atoms with E-state index in [9.17, 15) is 9.90 Å². The summed E-state index contributed by atoms with van der Waals surface area (Å²) < 4.78 is 0.634. The Morgan fingerprint density at radius 1 is 1.07 bits per heavy atom. The van der Waals surface area contributed by atoms with E-state index >= 15 is 0 Å². The second-order valence-electron chi connectivity index (χ2n) is 7.14. The van der Waals surface area contributed by atoms with Crippen molar-refractivity contribution in [2.45, 2.75) is 32.6 Å². The van der Waals surface area contributed by atoms with E-state index in [0.717, 1.165) is 24.8 Å². The second kappa shape index (κ2) is 10.7. The molecule has 0 bridgehead atoms. The number of amides is 1. The molecule has 4 nitrogen and oxygen atoms in total. The summed E-state index contributed by atoms with van der Waals surface area (Å²) in [5.41, 5.74) is 4.32. The largest absolute Gasteiger partial charge is 0.506 e. The van der Waals surface area contributed by atoms with Gasteiger partial charge < -0.3 is 10.4 Å². The standard InChI is InChI=1S/C25H25BrN2O2/c1-2-3-12-24(29)28-22-11-7-10-21(16-22)27-17-20-14-19(15-23(26)25(20)30)13-18-8-5-4-6-9-18/h4-11,14-17,30H,2-3,12-13H2,1H3,(H,28,29). The number of anilines is 1. The first-order valence-corrected chi connectivity index (χ1v) is 10.8. The molecule has 2 N–H and O–H groups in total. The van der Waals surface area contributed by atoms with E-state index in [1.165, 1.54) is 5.56 Å². The average molecular weight is 465 g/mol. The van der Waals surface area contributed by atoms with Gasteiger partial charge >= 0.3 is 0 Å². The van der Waals surface area contributed by atoms with Crippen LogP contribution in [0.25, 0.3) is 0 Å². The van der Waals surface area contributed by atoms with E-state index < -0.39 is 0 Å². The van der Waals surface area contributed by atoms with E-state index in [2.05, 4.69) is 45.3 Å². The second-order valence-corrected chi connectivity index (χ2v) is 7.99. The summed E-state index contributed by atoms with van der Waals surface area (Å²) in [5, 5.41) is 13.3. The van der Waals surface area contributed by atoms with Crippen molar-refractivity contribution >= 4 is 39.4 Å². The Kier molecular flexibility index (Phi) is 7.80. The van der Waals surface area contributed by atoms with Crippen molar-refractivity contribution in [1.29, 1.82) is 0 Å². The van der Waals surface area contributed by atoms with Gasteiger partial charge in [-0.2, -0.15) is 0 Å². The van der Waals surface area contributed by atoms with E-state index in [1.54, 1.807) is 6.21 Å². The summed E-state index contributed by atoms with van der Waals surface area (Å²) in [7, 11) is 0. The maximum Gasteiger partial charge on any atom is 0.224 e. The molecule has 154 valence electrons. The molecule has 5 heteroatoms. The summed E-state index contributed by atoms with van der Waals surface area (Å²) in [5.74, 6) is 0.160. The molecule has 30 heavy (non-hydrogen) atoms. The topological polar surface area (TPSA) is 61.7 Å². The number of rotatable bonds is 8. The lowest BCUT2D eigenvalue weighted by Gasteiger charge is -2.08. The third-order valence-corrected chi connectivity index (χ3v) is 5.25. The van der Waals surface area contributed by atoms with Crippen LogP contribution in [0.2, 0.25) is 0 Å². The molecule has 0 atom stereocenters. The molecule has 0 unspecified atom stereocenters. The van der Waals surface area contributed by atoms with Gasteiger partial charge in [-0.3, -0.25) is 9.79 Å². The lowest BCUT2D eigenvalue weighted by molar-refractivity contribution is -0.116. The van der Waals surface area contributed by atoms with Crippen LogP contribution in [0.5, 0.6) is 5.75 Å². The summed E-state index contributed by atoms with van der Waals surface area (Å²) in [6, 6.07) is 21.4. The number of carbonyl (C=O) groups is 1. The van der Waals surface area contributed by atoms with Gasteiger partial charge in [0.1, 0.15) is 5.75 Å². The number of benzene rings is 3. The first-order chi connectivity index (χ1) is 14.5. The lowest BCUT2D eigenvalue weighted by atomic mass is 10.0. The van der Waals surface area contributed by atoms with Crippen molar-refractivity contribution in [3.8, 4) is 5.75 Å². The summed E-state index contributed by atoms with van der Waals surface area (Å²) in [4.78, 5) is 16.4. The van der Waals surface area contributed by atoms with Crippen LogP contribution in [-0.4, -0.2) is 17.2 Å². The van der Waals surface area contributed by atoms with E-state index in [4.69, 9.17) is 0 Å². The molecule has 3 aromatic carbocycles. The Bertz CT molecular complexity index is 1030. The zero-order valence-corrected chi connectivity index (χ0v) is 18.5. The minimum absolute atomic E-state index is 0.00756. The molecular formula is C25H25BrN2O2. The molecule has 0 fully saturated rings. The number of unbranched alkanes of at least 4 members (excludes halogenated alkanes) is 1. The fourth-order valence-electron chi connectivity index (χ4n) is 3.08. The first kappa shape index (κ1) is 21.8. The molecule has 0 radical (unpaired) electrons. The fraction of sp³-hybridized carbons (Fsp3) is 0.200. The Hall–Kier alpha value is -2.92. The maximum atomic E-state index is 11.9.